The number of carbonyl (C=O) groups excluding carboxylic acids is 2. The van der Waals surface area contributed by atoms with E-state index >= 15 is 0 Å². The smallest absolute Gasteiger partial charge is 0.282 e. The molecule has 0 radical (unpaired) electrons. The van der Waals surface area contributed by atoms with Gasteiger partial charge in [-0.25, -0.2) is 0 Å². The molecule has 0 saturated heterocycles. The zero-order valence-electron chi connectivity index (χ0n) is 16.6. The van der Waals surface area contributed by atoms with Crippen molar-refractivity contribution in [2.45, 2.75) is 18.7 Å². The van der Waals surface area contributed by atoms with Crippen LogP contribution in [0, 0.1) is 6.92 Å². The summed E-state index contributed by atoms with van der Waals surface area (Å²) in [6, 6.07) is 13.2. The van der Waals surface area contributed by atoms with Gasteiger partial charge in [-0.3, -0.25) is 9.59 Å². The molecule has 0 unspecified atom stereocenters. The summed E-state index contributed by atoms with van der Waals surface area (Å²) in [6.07, 6.45) is 2.54. The number of fused-ring (bicyclic) bond motifs is 1. The number of amides is 1. The minimum Gasteiger partial charge on any atom is -0.352 e. The molecule has 0 aromatic heterocycles. The van der Waals surface area contributed by atoms with Gasteiger partial charge >= 0.3 is 0 Å². The van der Waals surface area contributed by atoms with E-state index in [9.17, 15) is 18.0 Å². The fourth-order valence-corrected chi connectivity index (χ4v) is 4.00. The second kappa shape index (κ2) is 7.77. The zero-order valence-corrected chi connectivity index (χ0v) is 17.4. The topological polar surface area (TPSA) is 114 Å². The van der Waals surface area contributed by atoms with E-state index in [0.29, 0.717) is 11.3 Å². The number of benzene rings is 2. The number of hydrogen-bond donors (Lipinski definition) is 1. The van der Waals surface area contributed by atoms with Crippen molar-refractivity contribution < 1.29 is 22.8 Å². The number of nitrogens with one attached hydrogen (secondary N) is 1. The average Bonchev–Trinajstić information content (AvgIpc) is 3.04. The van der Waals surface area contributed by atoms with Crippen molar-refractivity contribution in [3.8, 4) is 0 Å². The number of para-hydroxylation sites is 1. The fraction of sp³-hybridized carbons (Fsp3) is 0.0909. The number of anilines is 1. The predicted octanol–water partition coefficient (Wildman–Crippen LogP) is 2.91. The summed E-state index contributed by atoms with van der Waals surface area (Å²) >= 11 is 0. The van der Waals surface area contributed by atoms with Crippen LogP contribution in [-0.2, 0) is 24.4 Å². The highest BCUT2D eigenvalue weighted by molar-refractivity contribution is 7.90. The molecule has 0 atom stereocenters. The fourth-order valence-electron chi connectivity index (χ4n) is 3.03. The lowest BCUT2D eigenvalue weighted by molar-refractivity contribution is -0.115. The van der Waals surface area contributed by atoms with Crippen molar-refractivity contribution in [3.05, 3.63) is 83.1 Å². The summed E-state index contributed by atoms with van der Waals surface area (Å²) in [6.45, 7) is 3.36. The van der Waals surface area contributed by atoms with Gasteiger partial charge in [0.1, 0.15) is 0 Å². The Balaban J connectivity index is 1.66. The van der Waals surface area contributed by atoms with Gasteiger partial charge in [-0.2, -0.15) is 12.8 Å². The highest BCUT2D eigenvalue weighted by atomic mass is 32.2. The number of aryl methyl sites for hydroxylation is 1. The first-order chi connectivity index (χ1) is 14.7. The summed E-state index contributed by atoms with van der Waals surface area (Å²) in [4.78, 5) is 29.9. The quantitative estimate of drug-likeness (QED) is 0.586. The van der Waals surface area contributed by atoms with Crippen molar-refractivity contribution in [3.63, 3.8) is 0 Å². The first-order valence-electron chi connectivity index (χ1n) is 9.27. The molecule has 2 aliphatic rings. The van der Waals surface area contributed by atoms with E-state index in [4.69, 9.17) is 4.84 Å². The molecule has 1 heterocycles. The van der Waals surface area contributed by atoms with E-state index in [-0.39, 0.29) is 27.7 Å². The van der Waals surface area contributed by atoms with Gasteiger partial charge in [0, 0.05) is 17.2 Å². The minimum absolute atomic E-state index is 0.0160. The second-order valence-electron chi connectivity index (χ2n) is 7.00. The van der Waals surface area contributed by atoms with E-state index in [1.807, 2.05) is 6.92 Å². The van der Waals surface area contributed by atoms with Gasteiger partial charge in [-0.15, -0.1) is 0 Å². The Labute approximate surface area is 178 Å². The molecule has 0 spiro atoms. The molecule has 2 aromatic carbocycles. The lowest BCUT2D eigenvalue weighted by Gasteiger charge is -2.10. The van der Waals surface area contributed by atoms with E-state index in [1.165, 1.54) is 31.2 Å². The lowest BCUT2D eigenvalue weighted by atomic mass is 10.0. The molecule has 1 aliphatic heterocycles. The first kappa shape index (κ1) is 20.4. The van der Waals surface area contributed by atoms with Crippen LogP contribution in [0.3, 0.4) is 0 Å². The second-order valence-corrected chi connectivity index (χ2v) is 8.60. The molecule has 1 N–H and O–H groups in total. The summed E-state index contributed by atoms with van der Waals surface area (Å²) in [5.74, 6) is -1.18. The average molecular weight is 435 g/mol. The molecule has 9 heteroatoms. The van der Waals surface area contributed by atoms with Crippen LogP contribution in [0.15, 0.2) is 86.5 Å². The first-order valence-corrected chi connectivity index (χ1v) is 10.7. The van der Waals surface area contributed by atoms with E-state index < -0.39 is 21.7 Å². The molecular weight excluding hydrogens is 418 g/mol. The lowest BCUT2D eigenvalue weighted by Crippen LogP contribution is -2.18. The van der Waals surface area contributed by atoms with Gasteiger partial charge in [-0.05, 0) is 38.1 Å². The molecule has 0 saturated carbocycles. The van der Waals surface area contributed by atoms with Gasteiger partial charge in [0.15, 0.2) is 5.71 Å². The highest BCUT2D eigenvalue weighted by Crippen LogP contribution is 2.24. The largest absolute Gasteiger partial charge is 0.352 e. The summed E-state index contributed by atoms with van der Waals surface area (Å²) in [5, 5.41) is 6.49. The molecule has 0 fully saturated rings. The summed E-state index contributed by atoms with van der Waals surface area (Å²) < 4.78 is 29.0. The Kier molecular flexibility index (Phi) is 5.12. The van der Waals surface area contributed by atoms with E-state index in [2.05, 4.69) is 14.9 Å². The van der Waals surface area contributed by atoms with Crippen molar-refractivity contribution in [1.29, 1.82) is 0 Å². The monoisotopic (exact) mass is 435 g/mol. The molecular formula is C22H17N3O5S. The summed E-state index contributed by atoms with van der Waals surface area (Å²) in [5.41, 5.74) is 2.30. The van der Waals surface area contributed by atoms with Crippen LogP contribution in [0.2, 0.25) is 0 Å². The number of oxime groups is 1. The maximum absolute atomic E-state index is 12.6. The third kappa shape index (κ3) is 4.08. The van der Waals surface area contributed by atoms with Gasteiger partial charge in [-0.1, -0.05) is 41.1 Å². The number of ketones is 1. The van der Waals surface area contributed by atoms with E-state index in [0.717, 1.165) is 5.56 Å². The van der Waals surface area contributed by atoms with E-state index in [1.54, 1.807) is 36.4 Å². The maximum Gasteiger partial charge on any atom is 0.282 e. The molecule has 156 valence electrons. The Morgan fingerprint density at radius 2 is 1.65 bits per heavy atom. The molecule has 0 bridgehead atoms. The highest BCUT2D eigenvalue weighted by Gasteiger charge is 2.28. The van der Waals surface area contributed by atoms with Gasteiger partial charge in [0.05, 0.1) is 16.3 Å². The van der Waals surface area contributed by atoms with Gasteiger partial charge in [0.25, 0.3) is 15.9 Å². The van der Waals surface area contributed by atoms with Crippen LogP contribution in [0.5, 0.6) is 0 Å². The molecule has 1 aliphatic carbocycles. The van der Waals surface area contributed by atoms with Crippen molar-refractivity contribution in [1.82, 2.24) is 0 Å². The SMILES string of the molecule is CC1=C/C(=N\S(=O)(=O)c2ccc(C)cc2)C=C(O/N=C2/C(=O)Nc3ccccc32)C1=O. The normalized spacial score (nSPS) is 18.5. The molecule has 31 heavy (non-hydrogen) atoms. The van der Waals surface area contributed by atoms with Crippen molar-refractivity contribution in [2.24, 2.45) is 9.55 Å². The molecule has 1 amide bonds. The number of nitrogens with zero attached hydrogens (tertiary/aromatic N) is 2. The molecule has 4 rings (SSSR count). The summed E-state index contributed by atoms with van der Waals surface area (Å²) in [7, 11) is -3.99. The zero-order chi connectivity index (χ0) is 22.2. The number of hydrogen-bond acceptors (Lipinski definition) is 6. The minimum atomic E-state index is -3.99. The van der Waals surface area contributed by atoms with Crippen LogP contribution in [-0.4, -0.2) is 31.5 Å². The van der Waals surface area contributed by atoms with Crippen LogP contribution in [0.4, 0.5) is 5.69 Å². The van der Waals surface area contributed by atoms with Crippen LogP contribution < -0.4 is 5.32 Å². The molecule has 2 aromatic rings. The Hall–Kier alpha value is -3.85. The number of rotatable bonds is 4. The maximum atomic E-state index is 12.6. The number of Topliss-reactive ketones (excluding diaryl/α,β-unsaturated/α-hetero) is 1. The molecule has 8 nitrogen and oxygen atoms in total. The predicted molar refractivity (Wildman–Crippen MR) is 115 cm³/mol. The third-order valence-corrected chi connectivity index (χ3v) is 5.97. The van der Waals surface area contributed by atoms with Gasteiger partial charge < -0.3 is 10.2 Å². The number of sulfonamides is 1. The number of carbonyl (C=O) groups is 2. The van der Waals surface area contributed by atoms with Crippen LogP contribution >= 0.6 is 0 Å². The van der Waals surface area contributed by atoms with Crippen molar-refractivity contribution >= 4 is 38.8 Å². The van der Waals surface area contributed by atoms with Crippen molar-refractivity contribution in [2.75, 3.05) is 5.32 Å². The standard InChI is InChI=1S/C22H17N3O5S/c1-13-7-9-16(10-8-13)31(28,29)25-15-11-14(2)21(26)19(12-15)30-24-20-17-5-3-4-6-18(17)23-22(20)27/h3-12H,1-2H3,(H,23,24,27)/b25-15+. The van der Waals surface area contributed by atoms with Gasteiger partial charge in [0.2, 0.25) is 11.5 Å². The van der Waals surface area contributed by atoms with Crippen LogP contribution in [0.25, 0.3) is 0 Å². The number of allylic oxidation sites excluding steroid dienone is 3. The Bertz CT molecular complexity index is 1330. The third-order valence-electron chi connectivity index (χ3n) is 4.65. The Morgan fingerprint density at radius 3 is 2.39 bits per heavy atom. The Morgan fingerprint density at radius 1 is 0.935 bits per heavy atom. The van der Waals surface area contributed by atoms with Crippen LogP contribution in [0.1, 0.15) is 18.1 Å².